The van der Waals surface area contributed by atoms with Crippen molar-refractivity contribution in [3.63, 3.8) is 0 Å². The molecule has 0 spiro atoms. The van der Waals surface area contributed by atoms with E-state index in [2.05, 4.69) is 17.6 Å². The van der Waals surface area contributed by atoms with Gasteiger partial charge in [0.25, 0.3) is 0 Å². The van der Waals surface area contributed by atoms with E-state index in [0.717, 1.165) is 41.2 Å². The zero-order chi connectivity index (χ0) is 16.9. The highest BCUT2D eigenvalue weighted by molar-refractivity contribution is 5.90. The second kappa shape index (κ2) is 7.25. The number of hydrogen-bond acceptors (Lipinski definition) is 3. The lowest BCUT2D eigenvalue weighted by Gasteiger charge is -2.26. The summed E-state index contributed by atoms with van der Waals surface area (Å²) in [7, 11) is 1.64. The van der Waals surface area contributed by atoms with Gasteiger partial charge in [-0.25, -0.2) is 4.79 Å². The van der Waals surface area contributed by atoms with E-state index < -0.39 is 0 Å². The number of urea groups is 1. The first-order valence-corrected chi connectivity index (χ1v) is 8.14. The summed E-state index contributed by atoms with van der Waals surface area (Å²) in [5, 5.41) is 5.91. The number of nitrogens with one attached hydrogen (secondary N) is 2. The van der Waals surface area contributed by atoms with Crippen molar-refractivity contribution in [1.29, 1.82) is 0 Å². The number of rotatable bonds is 4. The quantitative estimate of drug-likeness (QED) is 0.905. The van der Waals surface area contributed by atoms with E-state index in [9.17, 15) is 4.79 Å². The summed E-state index contributed by atoms with van der Waals surface area (Å²) in [6.45, 7) is 2.53. The van der Waals surface area contributed by atoms with Crippen molar-refractivity contribution in [3.8, 4) is 11.5 Å². The Morgan fingerprint density at radius 3 is 2.92 bits per heavy atom. The van der Waals surface area contributed by atoms with E-state index in [4.69, 9.17) is 9.47 Å². The summed E-state index contributed by atoms with van der Waals surface area (Å²) in [6, 6.07) is 13.3. The number of carbonyl (C=O) groups excluding carboxylic acids is 1. The third kappa shape index (κ3) is 3.62. The van der Waals surface area contributed by atoms with Crippen molar-refractivity contribution in [1.82, 2.24) is 5.32 Å². The van der Waals surface area contributed by atoms with Gasteiger partial charge in [0.05, 0.1) is 13.2 Å². The van der Waals surface area contributed by atoms with Gasteiger partial charge in [0.15, 0.2) is 0 Å². The van der Waals surface area contributed by atoms with Crippen molar-refractivity contribution < 1.29 is 14.3 Å². The molecule has 0 bridgehead atoms. The van der Waals surface area contributed by atoms with Crippen LogP contribution >= 0.6 is 0 Å². The molecule has 24 heavy (non-hydrogen) atoms. The minimum Gasteiger partial charge on any atom is -0.497 e. The fraction of sp³-hybridized carbons (Fsp3) is 0.316. The molecule has 1 heterocycles. The van der Waals surface area contributed by atoms with Crippen molar-refractivity contribution in [2.24, 2.45) is 0 Å². The maximum Gasteiger partial charge on any atom is 0.319 e. The first-order chi connectivity index (χ1) is 11.7. The number of fused-ring (bicyclic) bond motifs is 1. The molecule has 2 aromatic carbocycles. The van der Waals surface area contributed by atoms with Gasteiger partial charge in [-0.05, 0) is 48.2 Å². The van der Waals surface area contributed by atoms with Crippen LogP contribution in [-0.4, -0.2) is 25.8 Å². The fourth-order valence-electron chi connectivity index (χ4n) is 2.88. The number of amides is 2. The number of aryl methyl sites for hydroxylation is 1. The molecule has 0 saturated carbocycles. The zero-order valence-electron chi connectivity index (χ0n) is 14.0. The summed E-state index contributed by atoms with van der Waals surface area (Å²) in [4.78, 5) is 12.3. The Hall–Kier alpha value is -2.69. The van der Waals surface area contributed by atoms with E-state index in [1.54, 1.807) is 7.11 Å². The molecule has 2 N–H and O–H groups in total. The van der Waals surface area contributed by atoms with Crippen LogP contribution in [0, 0.1) is 0 Å². The molecule has 3 rings (SSSR count). The number of hydrogen-bond donors (Lipinski definition) is 2. The van der Waals surface area contributed by atoms with E-state index in [0.29, 0.717) is 6.61 Å². The highest BCUT2D eigenvalue weighted by Crippen LogP contribution is 2.28. The molecular formula is C19H22N2O3. The van der Waals surface area contributed by atoms with Gasteiger partial charge in [-0.15, -0.1) is 0 Å². The van der Waals surface area contributed by atoms with Crippen LogP contribution in [0.1, 0.15) is 18.1 Å². The lowest BCUT2D eigenvalue weighted by Crippen LogP contribution is -2.44. The number of para-hydroxylation sites is 1. The minimum atomic E-state index is -0.212. The average molecular weight is 326 g/mol. The molecule has 1 aliphatic rings. The summed E-state index contributed by atoms with van der Waals surface area (Å²) < 4.78 is 11.0. The Labute approximate surface area is 142 Å². The maximum absolute atomic E-state index is 12.3. The van der Waals surface area contributed by atoms with Crippen molar-refractivity contribution in [2.45, 2.75) is 25.8 Å². The van der Waals surface area contributed by atoms with Gasteiger partial charge in [0, 0.05) is 5.69 Å². The van der Waals surface area contributed by atoms with Crippen molar-refractivity contribution in [3.05, 3.63) is 53.6 Å². The van der Waals surface area contributed by atoms with Crippen LogP contribution in [0.25, 0.3) is 0 Å². The highest BCUT2D eigenvalue weighted by atomic mass is 16.5. The second-order valence-electron chi connectivity index (χ2n) is 5.79. The second-order valence-corrected chi connectivity index (χ2v) is 5.79. The molecule has 1 atom stereocenters. The monoisotopic (exact) mass is 326 g/mol. The van der Waals surface area contributed by atoms with Crippen molar-refractivity contribution >= 4 is 11.7 Å². The van der Waals surface area contributed by atoms with Crippen LogP contribution in [-0.2, 0) is 12.8 Å². The number of benzene rings is 2. The lowest BCUT2D eigenvalue weighted by atomic mass is 10.0. The number of ether oxygens (including phenoxy) is 2. The largest absolute Gasteiger partial charge is 0.497 e. The zero-order valence-corrected chi connectivity index (χ0v) is 14.0. The molecule has 0 aromatic heterocycles. The Bertz CT molecular complexity index is 730. The van der Waals surface area contributed by atoms with Gasteiger partial charge in [-0.3, -0.25) is 0 Å². The van der Waals surface area contributed by atoms with E-state index in [1.165, 1.54) is 0 Å². The summed E-state index contributed by atoms with van der Waals surface area (Å²) >= 11 is 0. The predicted molar refractivity (Wildman–Crippen MR) is 94.0 cm³/mol. The summed E-state index contributed by atoms with van der Waals surface area (Å²) in [5.74, 6) is 1.64. The van der Waals surface area contributed by atoms with Crippen LogP contribution in [0.5, 0.6) is 11.5 Å². The van der Waals surface area contributed by atoms with Gasteiger partial charge in [0.2, 0.25) is 0 Å². The normalized spacial score (nSPS) is 15.8. The van der Waals surface area contributed by atoms with Crippen LogP contribution in [0.3, 0.4) is 0 Å². The van der Waals surface area contributed by atoms with Gasteiger partial charge < -0.3 is 20.1 Å². The number of carbonyl (C=O) groups is 1. The molecule has 2 amide bonds. The first kappa shape index (κ1) is 16.2. The SMILES string of the molecule is CCc1ccccc1NC(=O)NC1COc2ccc(OC)cc2C1. The van der Waals surface area contributed by atoms with E-state index >= 15 is 0 Å². The van der Waals surface area contributed by atoms with E-state index in [-0.39, 0.29) is 12.1 Å². The van der Waals surface area contributed by atoms with Crippen molar-refractivity contribution in [2.75, 3.05) is 19.0 Å². The van der Waals surface area contributed by atoms with Gasteiger partial charge in [0.1, 0.15) is 18.1 Å². The molecule has 1 aliphatic heterocycles. The minimum absolute atomic E-state index is 0.0709. The van der Waals surface area contributed by atoms with Gasteiger partial charge >= 0.3 is 6.03 Å². The summed E-state index contributed by atoms with van der Waals surface area (Å²) in [6.07, 6.45) is 1.59. The Morgan fingerprint density at radius 1 is 1.29 bits per heavy atom. The average Bonchev–Trinajstić information content (AvgIpc) is 2.61. The molecule has 0 aliphatic carbocycles. The van der Waals surface area contributed by atoms with Crippen LogP contribution in [0.4, 0.5) is 10.5 Å². The predicted octanol–water partition coefficient (Wildman–Crippen LogP) is 3.38. The highest BCUT2D eigenvalue weighted by Gasteiger charge is 2.22. The molecule has 5 nitrogen and oxygen atoms in total. The Kier molecular flexibility index (Phi) is 4.89. The molecule has 126 valence electrons. The molecule has 0 radical (unpaired) electrons. The maximum atomic E-state index is 12.3. The fourth-order valence-corrected chi connectivity index (χ4v) is 2.88. The van der Waals surface area contributed by atoms with Gasteiger partial charge in [-0.2, -0.15) is 0 Å². The molecule has 2 aromatic rings. The Balaban J connectivity index is 1.63. The Morgan fingerprint density at radius 2 is 2.12 bits per heavy atom. The first-order valence-electron chi connectivity index (χ1n) is 8.14. The number of methoxy groups -OCH3 is 1. The number of anilines is 1. The molecular weight excluding hydrogens is 304 g/mol. The third-order valence-corrected chi connectivity index (χ3v) is 4.16. The molecule has 0 fully saturated rings. The summed E-state index contributed by atoms with van der Waals surface area (Å²) in [5.41, 5.74) is 3.00. The van der Waals surface area contributed by atoms with Gasteiger partial charge in [-0.1, -0.05) is 25.1 Å². The van der Waals surface area contributed by atoms with Crippen LogP contribution in [0.2, 0.25) is 0 Å². The third-order valence-electron chi connectivity index (χ3n) is 4.16. The standard InChI is InChI=1S/C19H22N2O3/c1-3-13-6-4-5-7-17(13)21-19(22)20-15-10-14-11-16(23-2)8-9-18(14)24-12-15/h4-9,11,15H,3,10,12H2,1-2H3,(H2,20,21,22). The van der Waals surface area contributed by atoms with Crippen LogP contribution < -0.4 is 20.1 Å². The molecule has 1 unspecified atom stereocenters. The molecule has 5 heteroatoms. The topological polar surface area (TPSA) is 59.6 Å². The molecule has 0 saturated heterocycles. The van der Waals surface area contributed by atoms with Crippen LogP contribution in [0.15, 0.2) is 42.5 Å². The smallest absolute Gasteiger partial charge is 0.319 e. The van der Waals surface area contributed by atoms with E-state index in [1.807, 2.05) is 42.5 Å². The lowest BCUT2D eigenvalue weighted by molar-refractivity contribution is 0.222.